The van der Waals surface area contributed by atoms with E-state index in [0.29, 0.717) is 22.5 Å². The van der Waals surface area contributed by atoms with Gasteiger partial charge in [0.15, 0.2) is 6.61 Å². The predicted octanol–water partition coefficient (Wildman–Crippen LogP) is 2.39. The number of nitrogens with zero attached hydrogens (tertiary/aromatic N) is 1. The number of carboxylic acids is 1. The summed E-state index contributed by atoms with van der Waals surface area (Å²) < 4.78 is 18.8. The molecule has 1 aromatic rings. The highest BCUT2D eigenvalue weighted by Gasteiger charge is 2.29. The van der Waals surface area contributed by atoms with Gasteiger partial charge in [-0.25, -0.2) is 4.39 Å². The maximum atomic E-state index is 13.0. The number of halogens is 2. The van der Waals surface area contributed by atoms with Gasteiger partial charge in [0.2, 0.25) is 0 Å². The molecule has 1 amide bonds. The van der Waals surface area contributed by atoms with E-state index in [-0.39, 0.29) is 25.0 Å². The molecule has 0 saturated carbocycles. The van der Waals surface area contributed by atoms with Crippen LogP contribution in [0.3, 0.4) is 0 Å². The smallest absolute Gasteiger partial charge is 0.305 e. The summed E-state index contributed by atoms with van der Waals surface area (Å²) in [7, 11) is 0. The minimum atomic E-state index is -0.924. The highest BCUT2D eigenvalue weighted by Crippen LogP contribution is 2.26. The topological polar surface area (TPSA) is 66.8 Å². The monoisotopic (exact) mass is 391 g/mol. The maximum absolute atomic E-state index is 13.0. The number of hydrogen-bond acceptors (Lipinski definition) is 4. The van der Waals surface area contributed by atoms with E-state index in [4.69, 9.17) is 9.84 Å². The number of thioether (sulfide) groups is 1. The molecule has 1 fully saturated rings. The van der Waals surface area contributed by atoms with Gasteiger partial charge in [0.25, 0.3) is 5.91 Å². The Bertz CT molecular complexity index is 572. The van der Waals surface area contributed by atoms with Gasteiger partial charge in [-0.2, -0.15) is 11.8 Å². The average molecular weight is 392 g/mol. The van der Waals surface area contributed by atoms with Crippen molar-refractivity contribution in [2.45, 2.75) is 12.5 Å². The highest BCUT2D eigenvalue weighted by atomic mass is 79.9. The molecule has 0 aliphatic carbocycles. The Kier molecular flexibility index (Phi) is 6.07. The summed E-state index contributed by atoms with van der Waals surface area (Å²) in [4.78, 5) is 24.7. The summed E-state index contributed by atoms with van der Waals surface area (Å²) >= 11 is 4.80. The third-order valence-electron chi connectivity index (χ3n) is 3.20. The second-order valence-electron chi connectivity index (χ2n) is 4.78. The Labute approximate surface area is 139 Å². The molecule has 0 radical (unpaired) electrons. The molecule has 1 aliphatic heterocycles. The number of amides is 1. The van der Waals surface area contributed by atoms with E-state index in [2.05, 4.69) is 15.9 Å². The van der Waals surface area contributed by atoms with Gasteiger partial charge in [-0.15, -0.1) is 0 Å². The number of hydrogen-bond donors (Lipinski definition) is 1. The number of rotatable bonds is 5. The standard InChI is InChI=1S/C14H15BrFNO4S/c15-11-5-9(16)1-2-12(11)21-7-13(18)17-3-4-22-8-10(17)6-14(19)20/h1-2,5,10H,3-4,6-8H2,(H,19,20). The van der Waals surface area contributed by atoms with E-state index in [0.717, 1.165) is 5.75 Å². The lowest BCUT2D eigenvalue weighted by Gasteiger charge is -2.34. The number of benzene rings is 1. The Hall–Kier alpha value is -1.28. The van der Waals surface area contributed by atoms with Crippen molar-refractivity contribution in [1.82, 2.24) is 4.90 Å². The fraction of sp³-hybridized carbons (Fsp3) is 0.429. The van der Waals surface area contributed by atoms with Crippen molar-refractivity contribution in [3.63, 3.8) is 0 Å². The van der Waals surface area contributed by atoms with Crippen LogP contribution in [0.4, 0.5) is 4.39 Å². The number of carboxylic acid groups (broad SMARTS) is 1. The summed E-state index contributed by atoms with van der Waals surface area (Å²) in [6.07, 6.45) is -0.0705. The van der Waals surface area contributed by atoms with Crippen molar-refractivity contribution in [1.29, 1.82) is 0 Å². The van der Waals surface area contributed by atoms with E-state index >= 15 is 0 Å². The molecule has 2 rings (SSSR count). The van der Waals surface area contributed by atoms with Crippen LogP contribution in [-0.2, 0) is 9.59 Å². The predicted molar refractivity (Wildman–Crippen MR) is 84.7 cm³/mol. The lowest BCUT2D eigenvalue weighted by Crippen LogP contribution is -2.48. The zero-order chi connectivity index (χ0) is 16.1. The average Bonchev–Trinajstić information content (AvgIpc) is 2.46. The first-order chi connectivity index (χ1) is 10.5. The van der Waals surface area contributed by atoms with Crippen LogP contribution in [0.2, 0.25) is 0 Å². The van der Waals surface area contributed by atoms with Gasteiger partial charge in [-0.1, -0.05) is 0 Å². The first kappa shape index (κ1) is 17.1. The van der Waals surface area contributed by atoms with Crippen molar-refractivity contribution >= 4 is 39.6 Å². The van der Waals surface area contributed by atoms with Crippen molar-refractivity contribution in [2.24, 2.45) is 0 Å². The largest absolute Gasteiger partial charge is 0.483 e. The fourth-order valence-electron chi connectivity index (χ4n) is 2.17. The summed E-state index contributed by atoms with van der Waals surface area (Å²) in [5.41, 5.74) is 0. The molecule has 1 heterocycles. The number of carbonyl (C=O) groups is 2. The van der Waals surface area contributed by atoms with E-state index in [9.17, 15) is 14.0 Å². The molecule has 1 N–H and O–H groups in total. The zero-order valence-corrected chi connectivity index (χ0v) is 14.0. The van der Waals surface area contributed by atoms with Gasteiger partial charge < -0.3 is 14.7 Å². The minimum Gasteiger partial charge on any atom is -0.483 e. The molecule has 5 nitrogen and oxygen atoms in total. The van der Waals surface area contributed by atoms with E-state index in [1.165, 1.54) is 18.2 Å². The van der Waals surface area contributed by atoms with E-state index in [1.807, 2.05) is 0 Å². The molecule has 1 unspecified atom stereocenters. The van der Waals surface area contributed by atoms with Crippen molar-refractivity contribution in [2.75, 3.05) is 24.7 Å². The molecule has 8 heteroatoms. The Morgan fingerprint density at radius 1 is 1.50 bits per heavy atom. The summed E-state index contributed by atoms with van der Waals surface area (Å²) in [5, 5.41) is 8.92. The molecular formula is C14H15BrFNO4S. The first-order valence-electron chi connectivity index (χ1n) is 6.64. The van der Waals surface area contributed by atoms with Crippen molar-refractivity contribution in [3.05, 3.63) is 28.5 Å². The van der Waals surface area contributed by atoms with Crippen LogP contribution in [0.25, 0.3) is 0 Å². The Morgan fingerprint density at radius 2 is 2.27 bits per heavy atom. The maximum Gasteiger partial charge on any atom is 0.305 e. The quantitative estimate of drug-likeness (QED) is 0.834. The van der Waals surface area contributed by atoms with Gasteiger partial charge in [0, 0.05) is 18.1 Å². The normalized spacial score (nSPS) is 18.1. The molecule has 1 aromatic carbocycles. The molecule has 0 spiro atoms. The van der Waals surface area contributed by atoms with Crippen LogP contribution in [0.15, 0.2) is 22.7 Å². The molecule has 1 saturated heterocycles. The van der Waals surface area contributed by atoms with Crippen LogP contribution in [0.5, 0.6) is 5.75 Å². The summed E-state index contributed by atoms with van der Waals surface area (Å²) in [6.45, 7) is 0.306. The number of aliphatic carboxylic acids is 1. The van der Waals surface area contributed by atoms with Crippen molar-refractivity contribution < 1.29 is 23.8 Å². The summed E-state index contributed by atoms with van der Waals surface area (Å²) in [6, 6.07) is 3.62. The second-order valence-corrected chi connectivity index (χ2v) is 6.78. The van der Waals surface area contributed by atoms with Gasteiger partial charge in [-0.3, -0.25) is 9.59 Å². The third-order valence-corrected chi connectivity index (χ3v) is 4.91. The van der Waals surface area contributed by atoms with Crippen LogP contribution in [0.1, 0.15) is 6.42 Å². The molecule has 0 aromatic heterocycles. The van der Waals surface area contributed by atoms with Gasteiger partial charge >= 0.3 is 5.97 Å². The molecular weight excluding hydrogens is 377 g/mol. The zero-order valence-electron chi connectivity index (χ0n) is 11.6. The fourth-order valence-corrected chi connectivity index (χ4v) is 3.70. The Morgan fingerprint density at radius 3 is 2.95 bits per heavy atom. The number of ether oxygens (including phenoxy) is 1. The number of carbonyl (C=O) groups excluding carboxylic acids is 1. The van der Waals surface area contributed by atoms with Crippen LogP contribution in [-0.4, -0.2) is 52.6 Å². The third kappa shape index (κ3) is 4.61. The van der Waals surface area contributed by atoms with Gasteiger partial charge in [-0.05, 0) is 34.1 Å². The minimum absolute atomic E-state index is 0.0705. The molecule has 22 heavy (non-hydrogen) atoms. The van der Waals surface area contributed by atoms with Crippen LogP contribution >= 0.6 is 27.7 Å². The second kappa shape index (κ2) is 7.82. The lowest BCUT2D eigenvalue weighted by atomic mass is 10.2. The van der Waals surface area contributed by atoms with Gasteiger partial charge in [0.05, 0.1) is 16.9 Å². The highest BCUT2D eigenvalue weighted by molar-refractivity contribution is 9.10. The van der Waals surface area contributed by atoms with Crippen LogP contribution < -0.4 is 4.74 Å². The van der Waals surface area contributed by atoms with Crippen LogP contribution in [0, 0.1) is 5.82 Å². The summed E-state index contributed by atoms with van der Waals surface area (Å²) in [5.74, 6) is 0.173. The van der Waals surface area contributed by atoms with E-state index < -0.39 is 11.8 Å². The first-order valence-corrected chi connectivity index (χ1v) is 8.59. The Balaban J connectivity index is 1.96. The molecule has 120 valence electrons. The van der Waals surface area contributed by atoms with E-state index in [1.54, 1.807) is 16.7 Å². The SMILES string of the molecule is O=C(O)CC1CSCCN1C(=O)COc1ccc(F)cc1Br. The lowest BCUT2D eigenvalue weighted by molar-refractivity contribution is -0.141. The van der Waals surface area contributed by atoms with Gasteiger partial charge in [0.1, 0.15) is 11.6 Å². The molecule has 1 atom stereocenters. The van der Waals surface area contributed by atoms with Crippen molar-refractivity contribution in [3.8, 4) is 5.75 Å². The molecule has 0 bridgehead atoms. The molecule has 1 aliphatic rings.